The summed E-state index contributed by atoms with van der Waals surface area (Å²) in [5.41, 5.74) is -3.61. The molecule has 1 aromatic carbocycles. The maximum Gasteiger partial charge on any atom is 0.346 e. The molecule has 0 aliphatic carbocycles. The molecule has 1 saturated heterocycles. The first-order valence-corrected chi connectivity index (χ1v) is 6.34. The van der Waals surface area contributed by atoms with E-state index in [4.69, 9.17) is 0 Å². The molecule has 2 N–H and O–H groups in total. The number of rotatable bonds is 4. The van der Waals surface area contributed by atoms with Crippen LogP contribution in [0.3, 0.4) is 0 Å². The third-order valence-electron chi connectivity index (χ3n) is 3.62. The van der Waals surface area contributed by atoms with Gasteiger partial charge in [0.15, 0.2) is 5.41 Å². The van der Waals surface area contributed by atoms with Crippen molar-refractivity contribution in [3.05, 3.63) is 44.0 Å². The summed E-state index contributed by atoms with van der Waals surface area (Å²) < 4.78 is 0. The van der Waals surface area contributed by atoms with Gasteiger partial charge in [0, 0.05) is 12.1 Å². The molecule has 0 unspecified atom stereocenters. The fourth-order valence-electron chi connectivity index (χ4n) is 2.43. The largest absolute Gasteiger partial charge is 0.346 e. The Hall–Kier alpha value is -3.37. The van der Waals surface area contributed by atoms with Crippen LogP contribution in [0.15, 0.2) is 18.2 Å². The molecule has 2 rings (SSSR count). The van der Waals surface area contributed by atoms with Crippen molar-refractivity contribution in [3.63, 3.8) is 0 Å². The first kappa shape index (κ1) is 16.0. The highest BCUT2D eigenvalue weighted by molar-refractivity contribution is 6.22. The minimum absolute atomic E-state index is 0.104. The average Bonchev–Trinajstić information content (AvgIpc) is 2.46. The molecule has 1 fully saturated rings. The lowest BCUT2D eigenvalue weighted by atomic mass is 9.75. The van der Waals surface area contributed by atoms with E-state index in [2.05, 4.69) is 0 Å². The molecule has 1 heterocycles. The zero-order chi connectivity index (χ0) is 17.4. The highest BCUT2D eigenvalue weighted by atomic mass is 16.6. The molecule has 0 radical (unpaired) electrons. The van der Waals surface area contributed by atoms with Gasteiger partial charge in [-0.15, -0.1) is 0 Å². The van der Waals surface area contributed by atoms with E-state index in [9.17, 15) is 34.6 Å². The summed E-state index contributed by atoms with van der Waals surface area (Å²) >= 11 is 0. The van der Waals surface area contributed by atoms with Crippen LogP contribution in [0.25, 0.3) is 0 Å². The molecule has 0 spiro atoms. The Labute approximate surface area is 128 Å². The van der Waals surface area contributed by atoms with Gasteiger partial charge in [-0.2, -0.15) is 0 Å². The minimum atomic E-state index is -1.88. The number of nitro benzene ring substituents is 2. The van der Waals surface area contributed by atoms with Gasteiger partial charge in [0.05, 0.1) is 9.85 Å². The van der Waals surface area contributed by atoms with E-state index in [0.717, 1.165) is 18.2 Å². The number of nitrogens with one attached hydrogen (secondary N) is 2. The van der Waals surface area contributed by atoms with Gasteiger partial charge in [-0.25, -0.2) is 4.79 Å². The number of carbonyl (C=O) groups excluding carboxylic acids is 3. The van der Waals surface area contributed by atoms with Crippen molar-refractivity contribution in [3.8, 4) is 0 Å². The van der Waals surface area contributed by atoms with Crippen LogP contribution in [-0.2, 0) is 15.0 Å². The number of hydrogen-bond acceptors (Lipinski definition) is 7. The Morgan fingerprint density at radius 3 is 1.96 bits per heavy atom. The molecular weight excluding hydrogens is 312 g/mol. The van der Waals surface area contributed by atoms with Crippen molar-refractivity contribution in [1.82, 2.24) is 10.6 Å². The third kappa shape index (κ3) is 2.37. The van der Waals surface area contributed by atoms with Crippen LogP contribution < -0.4 is 10.6 Å². The number of urea groups is 1. The van der Waals surface area contributed by atoms with Crippen molar-refractivity contribution in [2.24, 2.45) is 0 Å². The van der Waals surface area contributed by atoms with Crippen molar-refractivity contribution in [2.75, 3.05) is 0 Å². The second-order valence-corrected chi connectivity index (χ2v) is 4.71. The quantitative estimate of drug-likeness (QED) is 0.463. The molecule has 0 aromatic heterocycles. The number of amides is 4. The van der Waals surface area contributed by atoms with E-state index >= 15 is 0 Å². The Balaban J connectivity index is 2.67. The number of carbonyl (C=O) groups is 3. The number of nitrogens with zero attached hydrogens (tertiary/aromatic N) is 2. The van der Waals surface area contributed by atoms with Crippen LogP contribution in [0.4, 0.5) is 16.2 Å². The Morgan fingerprint density at radius 1 is 1.00 bits per heavy atom. The van der Waals surface area contributed by atoms with E-state index in [1.807, 2.05) is 10.6 Å². The lowest BCUT2D eigenvalue weighted by Gasteiger charge is -2.33. The molecule has 0 saturated carbocycles. The maximum atomic E-state index is 12.2. The molecule has 1 aliphatic rings. The van der Waals surface area contributed by atoms with Gasteiger partial charge in [0.1, 0.15) is 0 Å². The number of benzene rings is 1. The minimum Gasteiger partial charge on any atom is -0.277 e. The maximum absolute atomic E-state index is 12.2. The normalized spacial score (nSPS) is 16.5. The van der Waals surface area contributed by atoms with Gasteiger partial charge >= 0.3 is 17.4 Å². The smallest absolute Gasteiger partial charge is 0.277 e. The van der Waals surface area contributed by atoms with E-state index in [0.29, 0.717) is 0 Å². The standard InChI is InChI=1S/C12H10N4O7/c1-2-12(9(17)13-11(19)14-10(12)18)6-3-4-7(15(20)21)8(5-6)16(22)23/h3-5H,2H2,1H3,(H2,13,14,17,18,19). The van der Waals surface area contributed by atoms with Crippen LogP contribution in [0.1, 0.15) is 18.9 Å². The molecular formula is C12H10N4O7. The Morgan fingerprint density at radius 2 is 1.52 bits per heavy atom. The summed E-state index contributed by atoms with van der Waals surface area (Å²) in [6.07, 6.45) is -0.104. The fourth-order valence-corrected chi connectivity index (χ4v) is 2.43. The second-order valence-electron chi connectivity index (χ2n) is 4.71. The summed E-state index contributed by atoms with van der Waals surface area (Å²) in [5, 5.41) is 25.7. The van der Waals surface area contributed by atoms with E-state index in [1.54, 1.807) is 0 Å². The molecule has 120 valence electrons. The molecule has 0 atom stereocenters. The number of barbiturate groups is 1. The van der Waals surface area contributed by atoms with Crippen molar-refractivity contribution < 1.29 is 24.2 Å². The first-order valence-electron chi connectivity index (χ1n) is 6.34. The van der Waals surface area contributed by atoms with Gasteiger partial charge in [-0.3, -0.25) is 40.5 Å². The molecule has 11 heteroatoms. The summed E-state index contributed by atoms with van der Waals surface area (Å²) in [6, 6.07) is 1.74. The first-order chi connectivity index (χ1) is 10.7. The zero-order valence-electron chi connectivity index (χ0n) is 11.7. The van der Waals surface area contributed by atoms with Crippen LogP contribution in [0.5, 0.6) is 0 Å². The monoisotopic (exact) mass is 322 g/mol. The lowest BCUT2D eigenvalue weighted by Crippen LogP contribution is -2.64. The van der Waals surface area contributed by atoms with Crippen molar-refractivity contribution in [2.45, 2.75) is 18.8 Å². The highest BCUT2D eigenvalue weighted by Crippen LogP contribution is 2.36. The molecule has 1 aromatic rings. The van der Waals surface area contributed by atoms with E-state index in [1.165, 1.54) is 6.92 Å². The van der Waals surface area contributed by atoms with Crippen LogP contribution in [-0.4, -0.2) is 27.7 Å². The SMILES string of the molecule is CCC1(c2ccc([N+](=O)[O-])c([N+](=O)[O-])c2)C(=O)NC(=O)NC1=O. The average molecular weight is 322 g/mol. The molecule has 4 amide bonds. The van der Waals surface area contributed by atoms with Gasteiger partial charge in [-0.05, 0) is 12.0 Å². The number of hydrogen-bond donors (Lipinski definition) is 2. The fraction of sp³-hybridized carbons (Fsp3) is 0.250. The summed E-state index contributed by atoms with van der Waals surface area (Å²) in [5.74, 6) is -1.89. The van der Waals surface area contributed by atoms with Crippen molar-refractivity contribution >= 4 is 29.2 Å². The number of imide groups is 2. The van der Waals surface area contributed by atoms with Gasteiger partial charge in [0.2, 0.25) is 11.8 Å². The van der Waals surface area contributed by atoms with Gasteiger partial charge in [-0.1, -0.05) is 13.0 Å². The summed E-state index contributed by atoms with van der Waals surface area (Å²) in [6.45, 7) is 1.47. The highest BCUT2D eigenvalue weighted by Gasteiger charge is 2.51. The van der Waals surface area contributed by atoms with Crippen LogP contribution in [0, 0.1) is 20.2 Å². The molecule has 23 heavy (non-hydrogen) atoms. The van der Waals surface area contributed by atoms with Crippen LogP contribution >= 0.6 is 0 Å². The Bertz CT molecular complexity index is 738. The predicted molar refractivity (Wildman–Crippen MR) is 73.4 cm³/mol. The van der Waals surface area contributed by atoms with Crippen LogP contribution in [0.2, 0.25) is 0 Å². The molecule has 11 nitrogen and oxygen atoms in total. The lowest BCUT2D eigenvalue weighted by molar-refractivity contribution is -0.422. The topological polar surface area (TPSA) is 162 Å². The summed E-state index contributed by atoms with van der Waals surface area (Å²) in [4.78, 5) is 55.5. The molecule has 1 aliphatic heterocycles. The predicted octanol–water partition coefficient (Wildman–Crippen LogP) is 0.517. The van der Waals surface area contributed by atoms with Gasteiger partial charge < -0.3 is 0 Å². The number of nitro groups is 2. The third-order valence-corrected chi connectivity index (χ3v) is 3.62. The van der Waals surface area contributed by atoms with E-state index < -0.39 is 44.5 Å². The van der Waals surface area contributed by atoms with Gasteiger partial charge in [0.25, 0.3) is 0 Å². The Kier molecular flexibility index (Phi) is 3.79. The second kappa shape index (κ2) is 5.44. The summed E-state index contributed by atoms with van der Waals surface area (Å²) in [7, 11) is 0. The molecule has 0 bridgehead atoms. The van der Waals surface area contributed by atoms with Crippen molar-refractivity contribution in [1.29, 1.82) is 0 Å². The zero-order valence-corrected chi connectivity index (χ0v) is 11.7. The van der Waals surface area contributed by atoms with E-state index in [-0.39, 0.29) is 12.0 Å².